The SMILES string of the molecule is O[C@H]1CCCC[C@@H]1N1CCC2CCCCC21. The van der Waals surface area contributed by atoms with E-state index in [2.05, 4.69) is 4.90 Å². The molecule has 92 valence electrons. The lowest BCUT2D eigenvalue weighted by atomic mass is 9.83. The first-order chi connectivity index (χ1) is 7.86. The number of hydrogen-bond acceptors (Lipinski definition) is 2. The van der Waals surface area contributed by atoms with Crippen molar-refractivity contribution in [1.29, 1.82) is 0 Å². The van der Waals surface area contributed by atoms with Crippen LogP contribution in [0.25, 0.3) is 0 Å². The molecule has 1 saturated heterocycles. The van der Waals surface area contributed by atoms with Gasteiger partial charge in [-0.1, -0.05) is 25.7 Å². The van der Waals surface area contributed by atoms with E-state index in [-0.39, 0.29) is 6.10 Å². The second kappa shape index (κ2) is 4.66. The van der Waals surface area contributed by atoms with E-state index in [4.69, 9.17) is 0 Å². The van der Waals surface area contributed by atoms with Gasteiger partial charge in [-0.25, -0.2) is 0 Å². The lowest BCUT2D eigenvalue weighted by Gasteiger charge is -2.41. The molecule has 16 heavy (non-hydrogen) atoms. The minimum atomic E-state index is -0.0329. The third kappa shape index (κ3) is 1.91. The molecule has 1 aliphatic heterocycles. The molecule has 2 unspecified atom stereocenters. The summed E-state index contributed by atoms with van der Waals surface area (Å²) >= 11 is 0. The molecule has 0 aromatic heterocycles. The highest BCUT2D eigenvalue weighted by Crippen LogP contribution is 2.39. The van der Waals surface area contributed by atoms with E-state index in [0.717, 1.165) is 18.4 Å². The topological polar surface area (TPSA) is 23.5 Å². The summed E-state index contributed by atoms with van der Waals surface area (Å²) in [7, 11) is 0. The molecule has 0 aromatic carbocycles. The maximum absolute atomic E-state index is 10.2. The standard InChI is InChI=1S/C14H25NO/c16-14-8-4-3-7-13(14)15-10-9-11-5-1-2-6-12(11)15/h11-14,16H,1-10H2/t11?,12?,13-,14-/m0/s1. The lowest BCUT2D eigenvalue weighted by molar-refractivity contribution is 0.00352. The van der Waals surface area contributed by atoms with Crippen molar-refractivity contribution in [2.45, 2.75) is 76.0 Å². The molecule has 3 aliphatic rings. The third-order valence-electron chi connectivity index (χ3n) is 5.17. The second-order valence-electron chi connectivity index (χ2n) is 6.06. The molecule has 0 aromatic rings. The molecule has 4 atom stereocenters. The number of nitrogens with zero attached hydrogens (tertiary/aromatic N) is 1. The van der Waals surface area contributed by atoms with Gasteiger partial charge >= 0.3 is 0 Å². The van der Waals surface area contributed by atoms with Gasteiger partial charge in [-0.3, -0.25) is 4.90 Å². The van der Waals surface area contributed by atoms with Gasteiger partial charge in [0.2, 0.25) is 0 Å². The Morgan fingerprint density at radius 1 is 0.750 bits per heavy atom. The largest absolute Gasteiger partial charge is 0.391 e. The minimum Gasteiger partial charge on any atom is -0.391 e. The average molecular weight is 223 g/mol. The highest BCUT2D eigenvalue weighted by Gasteiger charge is 2.41. The zero-order valence-corrected chi connectivity index (χ0v) is 10.3. The van der Waals surface area contributed by atoms with Crippen LogP contribution in [-0.2, 0) is 0 Å². The predicted octanol–water partition coefficient (Wildman–Crippen LogP) is 2.55. The van der Waals surface area contributed by atoms with Gasteiger partial charge in [-0.05, 0) is 44.6 Å². The van der Waals surface area contributed by atoms with Crippen LogP contribution in [0.3, 0.4) is 0 Å². The van der Waals surface area contributed by atoms with E-state index in [9.17, 15) is 5.11 Å². The van der Waals surface area contributed by atoms with Crippen LogP contribution in [-0.4, -0.2) is 34.7 Å². The van der Waals surface area contributed by atoms with E-state index in [1.54, 1.807) is 0 Å². The fraction of sp³-hybridized carbons (Fsp3) is 1.00. The van der Waals surface area contributed by atoms with Crippen molar-refractivity contribution in [3.05, 3.63) is 0 Å². The Balaban J connectivity index is 1.69. The number of likely N-dealkylation sites (tertiary alicyclic amines) is 1. The van der Waals surface area contributed by atoms with Gasteiger partial charge < -0.3 is 5.11 Å². The summed E-state index contributed by atoms with van der Waals surface area (Å²) in [6.07, 6.45) is 11.9. The van der Waals surface area contributed by atoms with Crippen LogP contribution in [0.1, 0.15) is 57.8 Å². The average Bonchev–Trinajstić information content (AvgIpc) is 2.74. The van der Waals surface area contributed by atoms with Crippen molar-refractivity contribution in [3.8, 4) is 0 Å². The molecule has 0 spiro atoms. The molecule has 2 nitrogen and oxygen atoms in total. The molecule has 3 fully saturated rings. The Bertz CT molecular complexity index is 243. The molecular weight excluding hydrogens is 198 g/mol. The zero-order chi connectivity index (χ0) is 11.0. The summed E-state index contributed by atoms with van der Waals surface area (Å²) in [6.45, 7) is 1.26. The van der Waals surface area contributed by atoms with Crippen LogP contribution in [0.2, 0.25) is 0 Å². The predicted molar refractivity (Wildman–Crippen MR) is 65.3 cm³/mol. The Hall–Kier alpha value is -0.0800. The maximum Gasteiger partial charge on any atom is 0.0695 e. The Morgan fingerprint density at radius 2 is 1.44 bits per heavy atom. The molecule has 3 rings (SSSR count). The number of fused-ring (bicyclic) bond motifs is 1. The molecule has 0 bridgehead atoms. The van der Waals surface area contributed by atoms with Crippen LogP contribution in [0.5, 0.6) is 0 Å². The van der Waals surface area contributed by atoms with Crippen LogP contribution >= 0.6 is 0 Å². The first-order valence-corrected chi connectivity index (χ1v) is 7.30. The molecule has 0 amide bonds. The molecule has 1 heterocycles. The van der Waals surface area contributed by atoms with Crippen LogP contribution in [0.15, 0.2) is 0 Å². The fourth-order valence-electron chi connectivity index (χ4n) is 4.33. The molecule has 1 N–H and O–H groups in total. The van der Waals surface area contributed by atoms with Gasteiger partial charge in [-0.2, -0.15) is 0 Å². The normalized spacial score (nSPS) is 45.6. The summed E-state index contributed by atoms with van der Waals surface area (Å²) in [6, 6.07) is 1.33. The highest BCUT2D eigenvalue weighted by atomic mass is 16.3. The van der Waals surface area contributed by atoms with Gasteiger partial charge in [-0.15, -0.1) is 0 Å². The first kappa shape index (κ1) is 11.0. The monoisotopic (exact) mass is 223 g/mol. The minimum absolute atomic E-state index is 0.0329. The third-order valence-corrected chi connectivity index (χ3v) is 5.17. The second-order valence-corrected chi connectivity index (χ2v) is 6.06. The summed E-state index contributed by atoms with van der Waals surface area (Å²) in [4.78, 5) is 2.69. The molecule has 2 aliphatic carbocycles. The van der Waals surface area contributed by atoms with E-state index < -0.39 is 0 Å². The van der Waals surface area contributed by atoms with Gasteiger partial charge in [0.25, 0.3) is 0 Å². The molecule has 2 saturated carbocycles. The van der Waals surface area contributed by atoms with E-state index in [1.807, 2.05) is 0 Å². The summed E-state index contributed by atoms with van der Waals surface area (Å²) in [5, 5.41) is 10.2. The van der Waals surface area contributed by atoms with Gasteiger partial charge in [0.1, 0.15) is 0 Å². The Labute approximate surface area is 99.0 Å². The number of hydrogen-bond donors (Lipinski definition) is 1. The van der Waals surface area contributed by atoms with Gasteiger partial charge in [0, 0.05) is 12.1 Å². The zero-order valence-electron chi connectivity index (χ0n) is 10.3. The number of aliphatic hydroxyl groups is 1. The summed E-state index contributed by atoms with van der Waals surface area (Å²) < 4.78 is 0. The van der Waals surface area contributed by atoms with Crippen molar-refractivity contribution in [2.24, 2.45) is 5.92 Å². The lowest BCUT2D eigenvalue weighted by Crippen LogP contribution is -2.49. The molecule has 2 heteroatoms. The highest BCUT2D eigenvalue weighted by molar-refractivity contribution is 4.95. The molecule has 0 radical (unpaired) electrons. The Morgan fingerprint density at radius 3 is 2.25 bits per heavy atom. The number of rotatable bonds is 1. The quantitative estimate of drug-likeness (QED) is 0.738. The first-order valence-electron chi connectivity index (χ1n) is 7.30. The number of aliphatic hydroxyl groups excluding tert-OH is 1. The smallest absolute Gasteiger partial charge is 0.0695 e. The van der Waals surface area contributed by atoms with Crippen molar-refractivity contribution >= 4 is 0 Å². The van der Waals surface area contributed by atoms with E-state index in [1.165, 1.54) is 57.9 Å². The maximum atomic E-state index is 10.2. The van der Waals surface area contributed by atoms with Crippen LogP contribution in [0.4, 0.5) is 0 Å². The van der Waals surface area contributed by atoms with E-state index in [0.29, 0.717) is 6.04 Å². The van der Waals surface area contributed by atoms with Crippen LogP contribution in [0, 0.1) is 5.92 Å². The fourth-order valence-corrected chi connectivity index (χ4v) is 4.33. The van der Waals surface area contributed by atoms with E-state index >= 15 is 0 Å². The van der Waals surface area contributed by atoms with Crippen molar-refractivity contribution in [2.75, 3.05) is 6.54 Å². The van der Waals surface area contributed by atoms with Gasteiger partial charge in [0.05, 0.1) is 6.10 Å². The summed E-state index contributed by atoms with van der Waals surface area (Å²) in [5.41, 5.74) is 0. The molecular formula is C14H25NO. The van der Waals surface area contributed by atoms with Crippen molar-refractivity contribution in [1.82, 2.24) is 4.90 Å². The summed E-state index contributed by atoms with van der Waals surface area (Å²) in [5.74, 6) is 0.961. The van der Waals surface area contributed by atoms with Gasteiger partial charge in [0.15, 0.2) is 0 Å². The Kier molecular flexibility index (Phi) is 3.21. The van der Waals surface area contributed by atoms with Crippen molar-refractivity contribution in [3.63, 3.8) is 0 Å². The van der Waals surface area contributed by atoms with Crippen molar-refractivity contribution < 1.29 is 5.11 Å². The van der Waals surface area contributed by atoms with Crippen LogP contribution < -0.4 is 0 Å².